The molecule has 3 unspecified atom stereocenters. The predicted molar refractivity (Wildman–Crippen MR) is 134 cm³/mol. The van der Waals surface area contributed by atoms with Gasteiger partial charge in [0.25, 0.3) is 0 Å². The van der Waals surface area contributed by atoms with Gasteiger partial charge < -0.3 is 0 Å². The molecule has 37 heavy (non-hydrogen) atoms. The van der Waals surface area contributed by atoms with Gasteiger partial charge in [-0.15, -0.1) is 6.58 Å². The van der Waals surface area contributed by atoms with Crippen molar-refractivity contribution >= 4 is 21.9 Å². The van der Waals surface area contributed by atoms with E-state index in [1.54, 1.807) is 11.1 Å². The Balaban J connectivity index is 0.00000186. The predicted octanol–water partition coefficient (Wildman–Crippen LogP) is 7.32. The van der Waals surface area contributed by atoms with Crippen LogP contribution in [0.1, 0.15) is 50.7 Å². The van der Waals surface area contributed by atoms with Gasteiger partial charge in [0.1, 0.15) is 16.4 Å². The molecular weight excluding hydrogens is 533 g/mol. The van der Waals surface area contributed by atoms with Crippen LogP contribution in [0.2, 0.25) is 0 Å². The van der Waals surface area contributed by atoms with Crippen molar-refractivity contribution in [1.82, 2.24) is 5.06 Å². The fraction of sp³-hybridized carbons (Fsp3) is 0.462. The molecule has 0 amide bonds. The van der Waals surface area contributed by atoms with Crippen LogP contribution >= 0.6 is 12.0 Å². The standard InChI is InChI=1S/C24H24F5NO3S2.C2H6/c1-2-12-30-22-9-11-23(15-16(22)10-13-34-33-30,20-14-18(25)5-8-21(20)26)35(31,32)19-6-3-17(4-7-19)24(27,28)29;1-2/h2-8,14,16,22H,1,9-13,15H2;1-2H3. The maximum Gasteiger partial charge on any atom is 0.416 e. The fourth-order valence-electron chi connectivity index (χ4n) is 5.13. The smallest absolute Gasteiger partial charge is 0.228 e. The molecule has 1 aliphatic carbocycles. The molecular formula is C26H30F5NO3S2. The number of hydrogen-bond acceptors (Lipinski definition) is 5. The van der Waals surface area contributed by atoms with Gasteiger partial charge in [-0.25, -0.2) is 21.5 Å². The van der Waals surface area contributed by atoms with E-state index in [2.05, 4.69) is 6.58 Å². The number of hydrogen-bond donors (Lipinski definition) is 0. The number of rotatable bonds is 5. The molecule has 1 saturated heterocycles. The summed E-state index contributed by atoms with van der Waals surface area (Å²) in [6.07, 6.45) is -2.19. The molecule has 1 saturated carbocycles. The van der Waals surface area contributed by atoms with Crippen molar-refractivity contribution in [3.63, 3.8) is 0 Å². The first-order valence-corrected chi connectivity index (χ1v) is 14.4. The van der Waals surface area contributed by atoms with Crippen LogP contribution in [-0.4, -0.2) is 31.8 Å². The third-order valence-electron chi connectivity index (χ3n) is 6.80. The van der Waals surface area contributed by atoms with Crippen LogP contribution in [0.25, 0.3) is 0 Å². The molecule has 2 aliphatic rings. The summed E-state index contributed by atoms with van der Waals surface area (Å²) in [4.78, 5) is -0.366. The van der Waals surface area contributed by atoms with Gasteiger partial charge in [-0.1, -0.05) is 19.9 Å². The summed E-state index contributed by atoms with van der Waals surface area (Å²) in [5.41, 5.74) is -1.30. The van der Waals surface area contributed by atoms with E-state index in [4.69, 9.17) is 4.28 Å². The van der Waals surface area contributed by atoms with Crippen molar-refractivity contribution in [3.8, 4) is 0 Å². The third-order valence-corrected chi connectivity index (χ3v) is 10.0. The molecule has 11 heteroatoms. The Hall–Kier alpha value is -1.95. The fourth-order valence-corrected chi connectivity index (χ4v) is 8.13. The maximum atomic E-state index is 15.1. The number of sulfone groups is 1. The minimum absolute atomic E-state index is 0.0288. The topological polar surface area (TPSA) is 46.6 Å². The zero-order valence-corrected chi connectivity index (χ0v) is 22.2. The van der Waals surface area contributed by atoms with Crippen molar-refractivity contribution in [2.75, 3.05) is 12.3 Å². The van der Waals surface area contributed by atoms with E-state index in [0.717, 1.165) is 30.3 Å². The van der Waals surface area contributed by atoms with Crippen LogP contribution in [-0.2, 0) is 25.0 Å². The van der Waals surface area contributed by atoms with E-state index in [1.807, 2.05) is 13.8 Å². The summed E-state index contributed by atoms with van der Waals surface area (Å²) < 4.78 is 101. The zero-order chi connectivity index (χ0) is 27.4. The number of benzene rings is 2. The van der Waals surface area contributed by atoms with Crippen molar-refractivity contribution in [2.45, 2.75) is 61.4 Å². The lowest BCUT2D eigenvalue weighted by Crippen LogP contribution is -2.50. The van der Waals surface area contributed by atoms with Gasteiger partial charge in [0.15, 0.2) is 9.84 Å². The minimum atomic E-state index is -4.64. The SMILES string of the molecule is C=CCN1OSCCC2CC(c3cc(F)ccc3F)(S(=O)(=O)c3ccc(C(F)(F)F)cc3)CCC21.CC. The van der Waals surface area contributed by atoms with Crippen LogP contribution in [0.4, 0.5) is 22.0 Å². The summed E-state index contributed by atoms with van der Waals surface area (Å²) in [5, 5.41) is 1.73. The van der Waals surface area contributed by atoms with Gasteiger partial charge in [0.05, 0.1) is 10.5 Å². The second-order valence-electron chi connectivity index (χ2n) is 8.79. The molecule has 0 N–H and O–H groups in total. The molecule has 4 nitrogen and oxygen atoms in total. The van der Waals surface area contributed by atoms with Gasteiger partial charge in [-0.2, -0.15) is 18.2 Å². The Morgan fingerprint density at radius 3 is 2.43 bits per heavy atom. The molecule has 4 rings (SSSR count). The van der Waals surface area contributed by atoms with Gasteiger partial charge in [0.2, 0.25) is 0 Å². The van der Waals surface area contributed by atoms with Crippen molar-refractivity contribution < 1.29 is 34.7 Å². The van der Waals surface area contributed by atoms with Crippen molar-refractivity contribution in [3.05, 3.63) is 77.9 Å². The van der Waals surface area contributed by atoms with Crippen molar-refractivity contribution in [1.29, 1.82) is 0 Å². The first-order chi connectivity index (χ1) is 17.5. The normalized spacial score (nSPS) is 24.8. The highest BCUT2D eigenvalue weighted by Gasteiger charge is 2.54. The van der Waals surface area contributed by atoms with Crippen LogP contribution in [0.15, 0.2) is 60.0 Å². The monoisotopic (exact) mass is 563 g/mol. The number of fused-ring (bicyclic) bond motifs is 1. The van der Waals surface area contributed by atoms with Crippen LogP contribution < -0.4 is 0 Å². The second kappa shape index (κ2) is 11.8. The van der Waals surface area contributed by atoms with Gasteiger partial charge >= 0.3 is 6.18 Å². The number of nitrogens with zero attached hydrogens (tertiary/aromatic N) is 1. The van der Waals surface area contributed by atoms with E-state index in [-0.39, 0.29) is 35.3 Å². The Labute approximate surface area is 219 Å². The first-order valence-electron chi connectivity index (χ1n) is 12.0. The van der Waals surface area contributed by atoms with Crippen LogP contribution in [0.5, 0.6) is 0 Å². The van der Waals surface area contributed by atoms with Crippen LogP contribution in [0.3, 0.4) is 0 Å². The molecule has 0 spiro atoms. The first kappa shape index (κ1) is 29.6. The summed E-state index contributed by atoms with van der Waals surface area (Å²) in [5.74, 6) is -1.34. The molecule has 2 fully saturated rings. The Bertz CT molecular complexity index is 1190. The second-order valence-corrected chi connectivity index (χ2v) is 11.8. The number of halogens is 5. The molecule has 1 heterocycles. The molecule has 0 aromatic heterocycles. The van der Waals surface area contributed by atoms with E-state index >= 15 is 4.39 Å². The molecule has 204 valence electrons. The molecule has 2 aromatic carbocycles. The van der Waals surface area contributed by atoms with E-state index < -0.39 is 38.0 Å². The molecule has 2 aromatic rings. The van der Waals surface area contributed by atoms with Crippen molar-refractivity contribution in [2.24, 2.45) is 5.92 Å². The average molecular weight is 564 g/mol. The van der Waals surface area contributed by atoms with Gasteiger partial charge in [-0.05, 0) is 74.1 Å². The largest absolute Gasteiger partial charge is 0.416 e. The maximum absolute atomic E-state index is 15.1. The summed E-state index contributed by atoms with van der Waals surface area (Å²) >= 11 is 1.23. The van der Waals surface area contributed by atoms with Gasteiger partial charge in [0, 0.05) is 35.9 Å². The molecule has 0 bridgehead atoms. The number of hydroxylamine groups is 2. The highest BCUT2D eigenvalue weighted by Crippen LogP contribution is 2.52. The quantitative estimate of drug-likeness (QED) is 0.217. The Morgan fingerprint density at radius 1 is 1.14 bits per heavy atom. The zero-order valence-electron chi connectivity index (χ0n) is 20.6. The summed E-state index contributed by atoms with van der Waals surface area (Å²) in [6, 6.07) is 5.67. The summed E-state index contributed by atoms with van der Waals surface area (Å²) in [7, 11) is -4.43. The van der Waals surface area contributed by atoms with Gasteiger partial charge in [-0.3, -0.25) is 0 Å². The van der Waals surface area contributed by atoms with Crippen LogP contribution in [0, 0.1) is 17.6 Å². The number of alkyl halides is 3. The van der Waals surface area contributed by atoms with E-state index in [9.17, 15) is 26.0 Å². The lowest BCUT2D eigenvalue weighted by atomic mass is 9.73. The van der Waals surface area contributed by atoms with E-state index in [1.165, 1.54) is 12.0 Å². The highest BCUT2D eigenvalue weighted by atomic mass is 32.2. The Kier molecular flexibility index (Phi) is 9.47. The molecule has 3 atom stereocenters. The minimum Gasteiger partial charge on any atom is -0.228 e. The van der Waals surface area contributed by atoms with E-state index in [0.29, 0.717) is 37.3 Å². The third kappa shape index (κ3) is 5.89. The average Bonchev–Trinajstić information content (AvgIpc) is 3.08. The highest BCUT2D eigenvalue weighted by molar-refractivity contribution is 7.94. The molecule has 1 aliphatic heterocycles. The lowest BCUT2D eigenvalue weighted by molar-refractivity contribution is -0.137. The molecule has 0 radical (unpaired) electrons. The summed E-state index contributed by atoms with van der Waals surface area (Å²) in [6.45, 7) is 8.13. The Morgan fingerprint density at radius 2 is 1.81 bits per heavy atom. The lowest BCUT2D eigenvalue weighted by Gasteiger charge is -2.46.